The molecule has 1 aliphatic rings. The molecule has 1 fully saturated rings. The third-order valence-corrected chi connectivity index (χ3v) is 3.70. The number of nitrogens with one attached hydrogen (secondary N) is 1. The maximum atomic E-state index is 11.9. The first-order chi connectivity index (χ1) is 9.06. The van der Waals surface area contributed by atoms with Crippen LogP contribution in [0.2, 0.25) is 0 Å². The summed E-state index contributed by atoms with van der Waals surface area (Å²) < 4.78 is 0. The molecule has 1 aromatic rings. The van der Waals surface area contributed by atoms with E-state index in [1.54, 1.807) is 6.20 Å². The van der Waals surface area contributed by atoms with Gasteiger partial charge in [-0.1, -0.05) is 6.42 Å². The highest BCUT2D eigenvalue weighted by Crippen LogP contribution is 2.27. The van der Waals surface area contributed by atoms with Crippen LogP contribution in [-0.4, -0.2) is 31.0 Å². The largest absolute Gasteiger partial charge is 0.376 e. The van der Waals surface area contributed by atoms with Crippen LogP contribution in [0.4, 0.5) is 11.5 Å². The van der Waals surface area contributed by atoms with Crippen molar-refractivity contribution < 1.29 is 4.79 Å². The number of hydrogen-bond donors (Lipinski definition) is 2. The van der Waals surface area contributed by atoms with E-state index >= 15 is 0 Å². The predicted octanol–water partition coefficient (Wildman–Crippen LogP) is 1.60. The fraction of sp³-hybridized carbons (Fsp3) is 0.571. The molecule has 0 aromatic carbocycles. The summed E-state index contributed by atoms with van der Waals surface area (Å²) in [5, 5.41) is 2.83. The molecule has 1 aliphatic carbocycles. The van der Waals surface area contributed by atoms with Crippen LogP contribution in [0.25, 0.3) is 0 Å². The predicted molar refractivity (Wildman–Crippen MR) is 77.1 cm³/mol. The number of nitrogens with zero attached hydrogens (tertiary/aromatic N) is 2. The molecule has 19 heavy (non-hydrogen) atoms. The summed E-state index contributed by atoms with van der Waals surface area (Å²) in [6, 6.07) is 3.93. The van der Waals surface area contributed by atoms with Gasteiger partial charge in [-0.3, -0.25) is 4.79 Å². The Morgan fingerprint density at radius 1 is 1.47 bits per heavy atom. The van der Waals surface area contributed by atoms with E-state index in [2.05, 4.69) is 10.3 Å². The lowest BCUT2D eigenvalue weighted by Crippen LogP contribution is -2.28. The minimum absolute atomic E-state index is 0.00690. The molecule has 1 amide bonds. The Morgan fingerprint density at radius 3 is 2.79 bits per heavy atom. The molecule has 1 heterocycles. The van der Waals surface area contributed by atoms with Crippen LogP contribution in [0, 0.1) is 5.92 Å². The summed E-state index contributed by atoms with van der Waals surface area (Å²) >= 11 is 0. The first-order valence-corrected chi connectivity index (χ1v) is 6.75. The standard InChI is InChI=1S/C14H22N4O/c1-18(2)11-6-7-13(16-9-11)17-14(19)8-10-4-3-5-12(10)15/h6-7,9-10,12H,3-5,8,15H2,1-2H3,(H,16,17,19)/t10-,12+/m0/s1. The Labute approximate surface area is 114 Å². The van der Waals surface area contributed by atoms with Gasteiger partial charge < -0.3 is 16.0 Å². The summed E-state index contributed by atoms with van der Waals surface area (Å²) in [5.41, 5.74) is 6.98. The molecular formula is C14H22N4O. The van der Waals surface area contributed by atoms with Crippen molar-refractivity contribution in [1.82, 2.24) is 4.98 Å². The highest BCUT2D eigenvalue weighted by Gasteiger charge is 2.26. The fourth-order valence-corrected chi connectivity index (χ4v) is 2.48. The first-order valence-electron chi connectivity index (χ1n) is 6.75. The fourth-order valence-electron chi connectivity index (χ4n) is 2.48. The molecule has 2 atom stereocenters. The van der Waals surface area contributed by atoms with Crippen molar-refractivity contribution in [3.8, 4) is 0 Å². The molecule has 1 saturated carbocycles. The molecule has 1 aromatic heterocycles. The van der Waals surface area contributed by atoms with Gasteiger partial charge >= 0.3 is 0 Å². The summed E-state index contributed by atoms with van der Waals surface area (Å²) in [6.07, 6.45) is 5.47. The normalized spacial score (nSPS) is 22.3. The van der Waals surface area contributed by atoms with Crippen molar-refractivity contribution in [3.05, 3.63) is 18.3 Å². The SMILES string of the molecule is CN(C)c1ccc(NC(=O)C[C@@H]2CCC[C@H]2N)nc1. The summed E-state index contributed by atoms with van der Waals surface area (Å²) in [7, 11) is 3.91. The number of amides is 1. The van der Waals surface area contributed by atoms with Gasteiger partial charge in [0.25, 0.3) is 0 Å². The maximum absolute atomic E-state index is 11.9. The summed E-state index contributed by atoms with van der Waals surface area (Å²) in [4.78, 5) is 18.1. The lowest BCUT2D eigenvalue weighted by molar-refractivity contribution is -0.117. The van der Waals surface area contributed by atoms with Crippen LogP contribution < -0.4 is 16.0 Å². The van der Waals surface area contributed by atoms with Gasteiger partial charge in [0.2, 0.25) is 5.91 Å². The van der Waals surface area contributed by atoms with E-state index in [4.69, 9.17) is 5.73 Å². The number of pyridine rings is 1. The molecule has 0 aliphatic heterocycles. The van der Waals surface area contributed by atoms with Gasteiger partial charge in [0.1, 0.15) is 5.82 Å². The average molecular weight is 262 g/mol. The van der Waals surface area contributed by atoms with Crippen molar-refractivity contribution in [1.29, 1.82) is 0 Å². The smallest absolute Gasteiger partial charge is 0.225 e. The van der Waals surface area contributed by atoms with Crippen LogP contribution in [0.15, 0.2) is 18.3 Å². The van der Waals surface area contributed by atoms with Gasteiger partial charge in [-0.15, -0.1) is 0 Å². The zero-order valence-electron chi connectivity index (χ0n) is 11.6. The second kappa shape index (κ2) is 6.02. The minimum atomic E-state index is 0.00690. The number of aromatic nitrogens is 1. The number of carbonyl (C=O) groups excluding carboxylic acids is 1. The third-order valence-electron chi connectivity index (χ3n) is 3.70. The van der Waals surface area contributed by atoms with Gasteiger partial charge in [-0.05, 0) is 30.9 Å². The average Bonchev–Trinajstić information content (AvgIpc) is 2.75. The highest BCUT2D eigenvalue weighted by molar-refractivity contribution is 5.90. The van der Waals surface area contributed by atoms with E-state index < -0.39 is 0 Å². The van der Waals surface area contributed by atoms with E-state index in [1.807, 2.05) is 31.1 Å². The Balaban J connectivity index is 1.88. The monoisotopic (exact) mass is 262 g/mol. The van der Waals surface area contributed by atoms with E-state index in [0.717, 1.165) is 24.9 Å². The van der Waals surface area contributed by atoms with Gasteiger partial charge in [-0.2, -0.15) is 0 Å². The van der Waals surface area contributed by atoms with E-state index in [9.17, 15) is 4.79 Å². The summed E-state index contributed by atoms with van der Waals surface area (Å²) in [6.45, 7) is 0. The Kier molecular flexibility index (Phi) is 4.37. The zero-order chi connectivity index (χ0) is 13.8. The second-order valence-electron chi connectivity index (χ2n) is 5.40. The van der Waals surface area contributed by atoms with Crippen molar-refractivity contribution in [2.45, 2.75) is 31.7 Å². The molecule has 2 rings (SSSR count). The molecule has 0 bridgehead atoms. The Hall–Kier alpha value is -1.62. The number of hydrogen-bond acceptors (Lipinski definition) is 4. The maximum Gasteiger partial charge on any atom is 0.225 e. The van der Waals surface area contributed by atoms with Gasteiger partial charge in [-0.25, -0.2) is 4.98 Å². The highest BCUT2D eigenvalue weighted by atomic mass is 16.1. The number of nitrogens with two attached hydrogens (primary N) is 1. The Morgan fingerprint density at radius 2 is 2.26 bits per heavy atom. The van der Waals surface area contributed by atoms with Crippen LogP contribution in [-0.2, 0) is 4.79 Å². The molecule has 3 N–H and O–H groups in total. The summed E-state index contributed by atoms with van der Waals surface area (Å²) in [5.74, 6) is 0.927. The van der Waals surface area contributed by atoms with Crippen molar-refractivity contribution >= 4 is 17.4 Å². The number of anilines is 2. The quantitative estimate of drug-likeness (QED) is 0.864. The number of carbonyl (C=O) groups is 1. The molecular weight excluding hydrogens is 240 g/mol. The molecule has 5 heteroatoms. The van der Waals surface area contributed by atoms with E-state index in [0.29, 0.717) is 18.2 Å². The molecule has 104 valence electrons. The van der Waals surface area contributed by atoms with Crippen LogP contribution in [0.5, 0.6) is 0 Å². The van der Waals surface area contributed by atoms with Crippen LogP contribution >= 0.6 is 0 Å². The molecule has 0 unspecified atom stereocenters. The molecule has 0 saturated heterocycles. The lowest BCUT2D eigenvalue weighted by Gasteiger charge is -2.15. The topological polar surface area (TPSA) is 71.2 Å². The minimum Gasteiger partial charge on any atom is -0.376 e. The van der Waals surface area contributed by atoms with Gasteiger partial charge in [0, 0.05) is 26.6 Å². The Bertz CT molecular complexity index is 430. The lowest BCUT2D eigenvalue weighted by atomic mass is 10.00. The molecule has 0 radical (unpaired) electrons. The van der Waals surface area contributed by atoms with E-state index in [1.165, 1.54) is 0 Å². The van der Waals surface area contributed by atoms with Gasteiger partial charge in [0.15, 0.2) is 0 Å². The number of rotatable bonds is 4. The third kappa shape index (κ3) is 3.67. The van der Waals surface area contributed by atoms with Crippen molar-refractivity contribution in [2.75, 3.05) is 24.3 Å². The second-order valence-corrected chi connectivity index (χ2v) is 5.40. The van der Waals surface area contributed by atoms with E-state index in [-0.39, 0.29) is 11.9 Å². The van der Waals surface area contributed by atoms with Crippen LogP contribution in [0.3, 0.4) is 0 Å². The van der Waals surface area contributed by atoms with Crippen molar-refractivity contribution in [2.24, 2.45) is 11.7 Å². The van der Waals surface area contributed by atoms with Gasteiger partial charge in [0.05, 0.1) is 11.9 Å². The molecule has 0 spiro atoms. The zero-order valence-corrected chi connectivity index (χ0v) is 11.6. The first kappa shape index (κ1) is 13.8. The molecule has 5 nitrogen and oxygen atoms in total. The van der Waals surface area contributed by atoms with Crippen LogP contribution in [0.1, 0.15) is 25.7 Å². The van der Waals surface area contributed by atoms with Crippen molar-refractivity contribution in [3.63, 3.8) is 0 Å².